The summed E-state index contributed by atoms with van der Waals surface area (Å²) in [5, 5.41) is 3.05. The fourth-order valence-electron chi connectivity index (χ4n) is 4.55. The summed E-state index contributed by atoms with van der Waals surface area (Å²) in [6.07, 6.45) is 8.01. The van der Waals surface area contributed by atoms with E-state index >= 15 is 0 Å². The second-order valence-electron chi connectivity index (χ2n) is 8.08. The SMILES string of the molecule is O=C(NCc1ncc[nH]1)C1CCCN(C2CCN(Cc3ccccc3)CC2)C1. The molecule has 28 heavy (non-hydrogen) atoms. The maximum absolute atomic E-state index is 12.6. The molecule has 1 amide bonds. The fourth-order valence-corrected chi connectivity index (χ4v) is 4.55. The summed E-state index contributed by atoms with van der Waals surface area (Å²) < 4.78 is 0. The largest absolute Gasteiger partial charge is 0.349 e. The van der Waals surface area contributed by atoms with Gasteiger partial charge in [-0.25, -0.2) is 4.98 Å². The van der Waals surface area contributed by atoms with Gasteiger partial charge in [0.2, 0.25) is 5.91 Å². The van der Waals surface area contributed by atoms with Crippen molar-refractivity contribution in [2.45, 2.75) is 44.8 Å². The summed E-state index contributed by atoms with van der Waals surface area (Å²) in [5.74, 6) is 1.08. The average molecular weight is 382 g/mol. The number of nitrogens with zero attached hydrogens (tertiary/aromatic N) is 3. The zero-order chi connectivity index (χ0) is 19.2. The Hall–Kier alpha value is -2.18. The van der Waals surface area contributed by atoms with Crippen LogP contribution in [0.2, 0.25) is 0 Å². The number of hydrogen-bond donors (Lipinski definition) is 2. The van der Waals surface area contributed by atoms with Crippen molar-refractivity contribution in [3.05, 3.63) is 54.1 Å². The summed E-state index contributed by atoms with van der Waals surface area (Å²) in [7, 11) is 0. The van der Waals surface area contributed by atoms with Crippen molar-refractivity contribution in [1.82, 2.24) is 25.1 Å². The molecule has 2 fully saturated rings. The summed E-state index contributed by atoms with van der Waals surface area (Å²) in [6.45, 7) is 5.85. The number of piperidine rings is 2. The van der Waals surface area contributed by atoms with Crippen LogP contribution < -0.4 is 5.32 Å². The summed E-state index contributed by atoms with van der Waals surface area (Å²) in [4.78, 5) is 24.9. The van der Waals surface area contributed by atoms with Crippen LogP contribution in [-0.4, -0.2) is 57.9 Å². The van der Waals surface area contributed by atoms with Gasteiger partial charge in [0.25, 0.3) is 0 Å². The lowest BCUT2D eigenvalue weighted by Crippen LogP contribution is -2.50. The van der Waals surface area contributed by atoms with Crippen LogP contribution >= 0.6 is 0 Å². The van der Waals surface area contributed by atoms with Gasteiger partial charge in [0.05, 0.1) is 12.5 Å². The van der Waals surface area contributed by atoms with Gasteiger partial charge in [-0.1, -0.05) is 30.3 Å². The molecule has 6 nitrogen and oxygen atoms in total. The smallest absolute Gasteiger partial charge is 0.224 e. The fraction of sp³-hybridized carbons (Fsp3) is 0.545. The third-order valence-electron chi connectivity index (χ3n) is 6.13. The molecule has 2 saturated heterocycles. The van der Waals surface area contributed by atoms with Gasteiger partial charge in [-0.15, -0.1) is 0 Å². The molecule has 1 unspecified atom stereocenters. The second kappa shape index (κ2) is 9.34. The third kappa shape index (κ3) is 5.00. The van der Waals surface area contributed by atoms with Gasteiger partial charge in [0, 0.05) is 31.5 Å². The van der Waals surface area contributed by atoms with Crippen LogP contribution in [0.5, 0.6) is 0 Å². The molecule has 1 atom stereocenters. The normalized spacial score (nSPS) is 22.2. The molecule has 0 saturated carbocycles. The van der Waals surface area contributed by atoms with Crippen LogP contribution in [0.25, 0.3) is 0 Å². The van der Waals surface area contributed by atoms with Gasteiger partial charge >= 0.3 is 0 Å². The first kappa shape index (κ1) is 19.2. The van der Waals surface area contributed by atoms with E-state index in [1.807, 2.05) is 0 Å². The van der Waals surface area contributed by atoms with Crippen LogP contribution in [0.4, 0.5) is 0 Å². The second-order valence-corrected chi connectivity index (χ2v) is 8.08. The van der Waals surface area contributed by atoms with Gasteiger partial charge < -0.3 is 10.3 Å². The van der Waals surface area contributed by atoms with Crippen LogP contribution in [0, 0.1) is 5.92 Å². The molecular weight excluding hydrogens is 350 g/mol. The zero-order valence-electron chi connectivity index (χ0n) is 16.5. The Morgan fingerprint density at radius 2 is 1.96 bits per heavy atom. The number of amides is 1. The zero-order valence-corrected chi connectivity index (χ0v) is 16.5. The van der Waals surface area contributed by atoms with Crippen LogP contribution in [0.1, 0.15) is 37.1 Å². The molecule has 2 aromatic rings. The Balaban J connectivity index is 1.23. The van der Waals surface area contributed by atoms with E-state index < -0.39 is 0 Å². The lowest BCUT2D eigenvalue weighted by molar-refractivity contribution is -0.127. The monoisotopic (exact) mass is 381 g/mol. The molecule has 0 radical (unpaired) electrons. The van der Waals surface area contributed by atoms with Crippen molar-refractivity contribution in [2.75, 3.05) is 26.2 Å². The molecule has 2 N–H and O–H groups in total. The number of aromatic nitrogens is 2. The minimum Gasteiger partial charge on any atom is -0.349 e. The van der Waals surface area contributed by atoms with Crippen LogP contribution in [0.3, 0.4) is 0 Å². The van der Waals surface area contributed by atoms with Gasteiger partial charge in [0.1, 0.15) is 5.82 Å². The number of likely N-dealkylation sites (tertiary alicyclic amines) is 2. The Bertz CT molecular complexity index is 725. The van der Waals surface area contributed by atoms with Crippen molar-refractivity contribution in [2.24, 2.45) is 5.92 Å². The van der Waals surface area contributed by atoms with Crippen LogP contribution in [0.15, 0.2) is 42.7 Å². The minimum atomic E-state index is 0.103. The highest BCUT2D eigenvalue weighted by molar-refractivity contribution is 5.78. The summed E-state index contributed by atoms with van der Waals surface area (Å²) in [6, 6.07) is 11.4. The van der Waals surface area contributed by atoms with Gasteiger partial charge in [0.15, 0.2) is 0 Å². The lowest BCUT2D eigenvalue weighted by atomic mass is 9.93. The molecule has 0 spiro atoms. The number of benzene rings is 1. The van der Waals surface area contributed by atoms with E-state index in [-0.39, 0.29) is 11.8 Å². The minimum absolute atomic E-state index is 0.103. The maximum atomic E-state index is 12.6. The molecular formula is C22H31N5O. The number of carbonyl (C=O) groups excluding carboxylic acids is 1. The molecule has 3 heterocycles. The Morgan fingerprint density at radius 3 is 2.71 bits per heavy atom. The van der Waals surface area contributed by atoms with Gasteiger partial charge in [-0.3, -0.25) is 14.6 Å². The molecule has 1 aromatic heterocycles. The molecule has 1 aromatic carbocycles. The Kier molecular flexibility index (Phi) is 6.39. The van der Waals surface area contributed by atoms with Crippen molar-refractivity contribution < 1.29 is 4.79 Å². The first-order chi connectivity index (χ1) is 13.8. The van der Waals surface area contributed by atoms with Crippen molar-refractivity contribution in [3.8, 4) is 0 Å². The van der Waals surface area contributed by atoms with Crippen molar-refractivity contribution >= 4 is 5.91 Å². The third-order valence-corrected chi connectivity index (χ3v) is 6.13. The molecule has 2 aliphatic heterocycles. The highest BCUT2D eigenvalue weighted by atomic mass is 16.1. The van der Waals surface area contributed by atoms with Crippen molar-refractivity contribution in [1.29, 1.82) is 0 Å². The predicted octanol–water partition coefficient (Wildman–Crippen LogP) is 2.40. The molecule has 0 aliphatic carbocycles. The summed E-state index contributed by atoms with van der Waals surface area (Å²) >= 11 is 0. The van der Waals surface area contributed by atoms with E-state index in [0.29, 0.717) is 12.6 Å². The van der Waals surface area contributed by atoms with Gasteiger partial charge in [-0.2, -0.15) is 0 Å². The first-order valence-electron chi connectivity index (χ1n) is 10.5. The number of carbonyl (C=O) groups is 1. The quantitative estimate of drug-likeness (QED) is 0.807. The molecule has 0 bridgehead atoms. The van der Waals surface area contributed by atoms with E-state index in [4.69, 9.17) is 0 Å². The van der Waals surface area contributed by atoms with E-state index in [1.54, 1.807) is 12.4 Å². The molecule has 6 heteroatoms. The molecule has 2 aliphatic rings. The lowest BCUT2D eigenvalue weighted by Gasteiger charge is -2.42. The first-order valence-corrected chi connectivity index (χ1v) is 10.5. The summed E-state index contributed by atoms with van der Waals surface area (Å²) in [5.41, 5.74) is 1.40. The van der Waals surface area contributed by atoms with Crippen LogP contribution in [-0.2, 0) is 17.9 Å². The van der Waals surface area contributed by atoms with E-state index in [9.17, 15) is 4.79 Å². The highest BCUT2D eigenvalue weighted by Crippen LogP contribution is 2.24. The molecule has 150 valence electrons. The number of imidazole rings is 1. The maximum Gasteiger partial charge on any atom is 0.224 e. The Labute approximate surface area is 167 Å². The Morgan fingerprint density at radius 1 is 1.14 bits per heavy atom. The van der Waals surface area contributed by atoms with Crippen molar-refractivity contribution in [3.63, 3.8) is 0 Å². The topological polar surface area (TPSA) is 64.3 Å². The standard InChI is InChI=1S/C22H31N5O/c28-22(25-15-21-23-10-11-24-21)19-7-4-12-27(17-19)20-8-13-26(14-9-20)16-18-5-2-1-3-6-18/h1-3,5-6,10-11,19-20H,4,7-9,12-17H2,(H,23,24)(H,25,28). The average Bonchev–Trinajstić information content (AvgIpc) is 3.27. The van der Waals surface area contributed by atoms with E-state index in [1.165, 1.54) is 18.4 Å². The molecule has 4 rings (SSSR count). The predicted molar refractivity (Wildman–Crippen MR) is 109 cm³/mol. The number of rotatable bonds is 6. The van der Waals surface area contributed by atoms with Gasteiger partial charge in [-0.05, 0) is 50.9 Å². The number of aromatic amines is 1. The number of hydrogen-bond acceptors (Lipinski definition) is 4. The van der Waals surface area contributed by atoms with E-state index in [2.05, 4.69) is 55.4 Å². The van der Waals surface area contributed by atoms with E-state index in [0.717, 1.165) is 51.4 Å². The highest BCUT2D eigenvalue weighted by Gasteiger charge is 2.31. The number of nitrogens with one attached hydrogen (secondary N) is 2. The number of H-pyrrole nitrogens is 1.